The van der Waals surface area contributed by atoms with E-state index >= 15 is 0 Å². The molecule has 0 spiro atoms. The van der Waals surface area contributed by atoms with Crippen LogP contribution in [0.25, 0.3) is 0 Å². The first-order valence-electron chi connectivity index (χ1n) is 8.44. The smallest absolute Gasteiger partial charge is 0.317 e. The number of benzene rings is 1. The monoisotopic (exact) mass is 318 g/mol. The van der Waals surface area contributed by atoms with Crippen molar-refractivity contribution >= 4 is 6.03 Å². The van der Waals surface area contributed by atoms with Gasteiger partial charge in [0.1, 0.15) is 5.75 Å². The van der Waals surface area contributed by atoms with Crippen molar-refractivity contribution in [3.8, 4) is 5.75 Å². The summed E-state index contributed by atoms with van der Waals surface area (Å²) in [5.41, 5.74) is 2.71. The molecule has 1 saturated heterocycles. The quantitative estimate of drug-likeness (QED) is 0.928. The van der Waals surface area contributed by atoms with E-state index in [1.54, 1.807) is 12.0 Å². The van der Waals surface area contributed by atoms with Gasteiger partial charge in [-0.05, 0) is 48.9 Å². The number of fused-ring (bicyclic) bond motifs is 1. The summed E-state index contributed by atoms with van der Waals surface area (Å²) in [5.74, 6) is 1.30. The fourth-order valence-electron chi connectivity index (χ4n) is 3.56. The highest BCUT2D eigenvalue weighted by Crippen LogP contribution is 2.33. The van der Waals surface area contributed by atoms with Gasteiger partial charge in [-0.2, -0.15) is 0 Å². The van der Waals surface area contributed by atoms with Crippen LogP contribution in [0, 0.1) is 0 Å². The molecule has 0 bridgehead atoms. The summed E-state index contributed by atoms with van der Waals surface area (Å²) in [5, 5.41) is 3.10. The van der Waals surface area contributed by atoms with Crippen molar-refractivity contribution in [3.05, 3.63) is 29.3 Å². The maximum Gasteiger partial charge on any atom is 0.317 e. The molecule has 5 heteroatoms. The molecule has 2 unspecified atom stereocenters. The zero-order chi connectivity index (χ0) is 16.2. The van der Waals surface area contributed by atoms with Crippen molar-refractivity contribution in [2.75, 3.05) is 33.9 Å². The number of nitrogens with one attached hydrogen (secondary N) is 1. The predicted octanol–water partition coefficient (Wildman–Crippen LogP) is 2.55. The van der Waals surface area contributed by atoms with E-state index in [2.05, 4.69) is 17.4 Å². The maximum atomic E-state index is 12.3. The summed E-state index contributed by atoms with van der Waals surface area (Å²) >= 11 is 0. The fourth-order valence-corrected chi connectivity index (χ4v) is 3.56. The molecular weight excluding hydrogens is 292 g/mol. The van der Waals surface area contributed by atoms with Crippen LogP contribution in [0.4, 0.5) is 4.79 Å². The zero-order valence-corrected chi connectivity index (χ0v) is 14.0. The topological polar surface area (TPSA) is 50.8 Å². The molecule has 0 radical (unpaired) electrons. The lowest BCUT2D eigenvalue weighted by atomic mass is 9.82. The van der Waals surface area contributed by atoms with E-state index in [-0.39, 0.29) is 12.1 Å². The van der Waals surface area contributed by atoms with E-state index in [9.17, 15) is 4.79 Å². The SMILES string of the molecule is COc1ccc2c(c1)CCCC2CNC(=O)N(C)C1CCOC1. The second-order valence-electron chi connectivity index (χ2n) is 6.47. The standard InChI is InChI=1S/C18H26N2O3/c1-20(15-8-9-23-12-15)18(21)19-11-14-5-3-4-13-10-16(22-2)6-7-17(13)14/h6-7,10,14-15H,3-5,8-9,11-12H2,1-2H3,(H,19,21). The predicted molar refractivity (Wildman–Crippen MR) is 89.1 cm³/mol. The largest absolute Gasteiger partial charge is 0.497 e. The van der Waals surface area contributed by atoms with Crippen LogP contribution < -0.4 is 10.1 Å². The Bertz CT molecular complexity index is 555. The number of amides is 2. The van der Waals surface area contributed by atoms with E-state index in [0.717, 1.165) is 38.0 Å². The van der Waals surface area contributed by atoms with Crippen molar-refractivity contribution < 1.29 is 14.3 Å². The Kier molecular flexibility index (Phi) is 5.06. The minimum atomic E-state index is 0.00105. The summed E-state index contributed by atoms with van der Waals surface area (Å²) in [6, 6.07) is 6.50. The highest BCUT2D eigenvalue weighted by molar-refractivity contribution is 5.74. The number of rotatable bonds is 4. The molecule has 126 valence electrons. The molecule has 1 aliphatic heterocycles. The Morgan fingerprint density at radius 3 is 3.04 bits per heavy atom. The lowest BCUT2D eigenvalue weighted by molar-refractivity contribution is 0.157. The highest BCUT2D eigenvalue weighted by atomic mass is 16.5. The van der Waals surface area contributed by atoms with Gasteiger partial charge in [0.15, 0.2) is 0 Å². The third-order valence-corrected chi connectivity index (χ3v) is 5.06. The van der Waals surface area contributed by atoms with Gasteiger partial charge in [-0.1, -0.05) is 6.07 Å². The molecule has 0 aromatic heterocycles. The molecule has 3 rings (SSSR count). The molecule has 1 aliphatic carbocycles. The molecular formula is C18H26N2O3. The van der Waals surface area contributed by atoms with Crippen molar-refractivity contribution in [1.29, 1.82) is 0 Å². The van der Waals surface area contributed by atoms with Gasteiger partial charge in [0.2, 0.25) is 0 Å². The molecule has 0 saturated carbocycles. The third-order valence-electron chi connectivity index (χ3n) is 5.06. The average Bonchev–Trinajstić information content (AvgIpc) is 3.12. The summed E-state index contributed by atoms with van der Waals surface area (Å²) in [6.45, 7) is 2.09. The van der Waals surface area contributed by atoms with Crippen LogP contribution in [-0.4, -0.2) is 50.9 Å². The van der Waals surface area contributed by atoms with Gasteiger partial charge in [0.05, 0.1) is 19.8 Å². The Morgan fingerprint density at radius 1 is 1.43 bits per heavy atom. The first-order valence-corrected chi connectivity index (χ1v) is 8.44. The van der Waals surface area contributed by atoms with Crippen LogP contribution in [0.5, 0.6) is 5.75 Å². The molecule has 23 heavy (non-hydrogen) atoms. The minimum Gasteiger partial charge on any atom is -0.497 e. The third kappa shape index (κ3) is 3.61. The van der Waals surface area contributed by atoms with Crippen LogP contribution in [0.3, 0.4) is 0 Å². The summed E-state index contributed by atoms with van der Waals surface area (Å²) in [6.07, 6.45) is 4.30. The lowest BCUT2D eigenvalue weighted by Gasteiger charge is -2.28. The number of carbonyl (C=O) groups excluding carboxylic acids is 1. The summed E-state index contributed by atoms with van der Waals surface area (Å²) in [7, 11) is 3.55. The van der Waals surface area contributed by atoms with Gasteiger partial charge in [0.25, 0.3) is 0 Å². The molecule has 1 fully saturated rings. The van der Waals surface area contributed by atoms with Crippen molar-refractivity contribution in [1.82, 2.24) is 10.2 Å². The molecule has 1 heterocycles. The fraction of sp³-hybridized carbons (Fsp3) is 0.611. The minimum absolute atomic E-state index is 0.00105. The first kappa shape index (κ1) is 16.1. The Morgan fingerprint density at radius 2 is 2.30 bits per heavy atom. The molecule has 5 nitrogen and oxygen atoms in total. The van der Waals surface area contributed by atoms with Crippen LogP contribution in [0.15, 0.2) is 18.2 Å². The number of hydrogen-bond donors (Lipinski definition) is 1. The number of urea groups is 1. The van der Waals surface area contributed by atoms with Crippen LogP contribution in [0.2, 0.25) is 0 Å². The zero-order valence-electron chi connectivity index (χ0n) is 14.0. The van der Waals surface area contributed by atoms with Crippen molar-refractivity contribution in [3.63, 3.8) is 0 Å². The van der Waals surface area contributed by atoms with Crippen LogP contribution in [0.1, 0.15) is 36.3 Å². The molecule has 2 amide bonds. The lowest BCUT2D eigenvalue weighted by Crippen LogP contribution is -2.45. The number of nitrogens with zero attached hydrogens (tertiary/aromatic N) is 1. The molecule has 1 N–H and O–H groups in total. The second-order valence-corrected chi connectivity index (χ2v) is 6.47. The Labute approximate surface area is 137 Å². The Balaban J connectivity index is 1.60. The number of aryl methyl sites for hydroxylation is 1. The maximum absolute atomic E-state index is 12.3. The van der Waals surface area contributed by atoms with E-state index in [4.69, 9.17) is 9.47 Å². The number of carbonyl (C=O) groups is 1. The molecule has 2 aliphatic rings. The van der Waals surface area contributed by atoms with Gasteiger partial charge in [0, 0.05) is 26.1 Å². The van der Waals surface area contributed by atoms with Crippen LogP contribution in [-0.2, 0) is 11.2 Å². The van der Waals surface area contributed by atoms with E-state index in [0.29, 0.717) is 19.1 Å². The number of ether oxygens (including phenoxy) is 2. The number of likely N-dealkylation sites (N-methyl/N-ethyl adjacent to an activating group) is 1. The molecule has 2 atom stereocenters. The van der Waals surface area contributed by atoms with Gasteiger partial charge in [-0.3, -0.25) is 0 Å². The van der Waals surface area contributed by atoms with Gasteiger partial charge in [-0.15, -0.1) is 0 Å². The summed E-state index contributed by atoms with van der Waals surface area (Å²) < 4.78 is 10.7. The molecule has 1 aromatic carbocycles. The normalized spacial score (nSPS) is 23.2. The van der Waals surface area contributed by atoms with E-state index < -0.39 is 0 Å². The Hall–Kier alpha value is -1.75. The first-order chi connectivity index (χ1) is 11.2. The van der Waals surface area contributed by atoms with Crippen molar-refractivity contribution in [2.45, 2.75) is 37.6 Å². The van der Waals surface area contributed by atoms with Crippen LogP contribution >= 0.6 is 0 Å². The van der Waals surface area contributed by atoms with Crippen molar-refractivity contribution in [2.24, 2.45) is 0 Å². The highest BCUT2D eigenvalue weighted by Gasteiger charge is 2.26. The number of hydrogen-bond acceptors (Lipinski definition) is 3. The summed E-state index contributed by atoms with van der Waals surface area (Å²) in [4.78, 5) is 14.1. The van der Waals surface area contributed by atoms with E-state index in [1.165, 1.54) is 11.1 Å². The average molecular weight is 318 g/mol. The molecule has 1 aromatic rings. The van der Waals surface area contributed by atoms with Gasteiger partial charge >= 0.3 is 6.03 Å². The van der Waals surface area contributed by atoms with E-state index in [1.807, 2.05) is 13.1 Å². The van der Waals surface area contributed by atoms with Gasteiger partial charge < -0.3 is 19.7 Å². The second kappa shape index (κ2) is 7.21. The number of methoxy groups -OCH3 is 1. The van der Waals surface area contributed by atoms with Gasteiger partial charge in [-0.25, -0.2) is 4.79 Å².